The lowest BCUT2D eigenvalue weighted by atomic mass is 10.1. The van der Waals surface area contributed by atoms with Crippen LogP contribution in [-0.2, 0) is 6.42 Å². The van der Waals surface area contributed by atoms with E-state index in [1.165, 1.54) is 0 Å². The topological polar surface area (TPSA) is 76.2 Å². The minimum Gasteiger partial charge on any atom is -0.497 e. The molecular weight excluding hydrogens is 354 g/mol. The van der Waals surface area contributed by atoms with Gasteiger partial charge in [-0.15, -0.1) is 0 Å². The highest BCUT2D eigenvalue weighted by Gasteiger charge is 2.19. The molecule has 142 valence electrons. The van der Waals surface area contributed by atoms with Gasteiger partial charge in [0.15, 0.2) is 0 Å². The average molecular weight is 375 g/mol. The number of aromatic nitrogens is 2. The zero-order valence-corrected chi connectivity index (χ0v) is 15.8. The molecule has 1 amide bonds. The van der Waals surface area contributed by atoms with Crippen LogP contribution in [0.25, 0.3) is 23.4 Å². The molecule has 0 radical (unpaired) electrons. The van der Waals surface area contributed by atoms with Gasteiger partial charge in [0.2, 0.25) is 0 Å². The predicted octanol–water partition coefficient (Wildman–Crippen LogP) is 3.55. The predicted molar refractivity (Wildman–Crippen MR) is 109 cm³/mol. The Morgan fingerprint density at radius 2 is 1.82 bits per heavy atom. The van der Waals surface area contributed by atoms with Crippen LogP contribution in [0.1, 0.15) is 27.3 Å². The number of H-pyrrole nitrogens is 1. The molecule has 2 aromatic heterocycles. The van der Waals surface area contributed by atoms with Gasteiger partial charge >= 0.3 is 0 Å². The van der Waals surface area contributed by atoms with Gasteiger partial charge in [-0.2, -0.15) is 0 Å². The van der Waals surface area contributed by atoms with Crippen LogP contribution in [0.5, 0.6) is 11.5 Å². The number of methoxy groups -OCH3 is 2. The second kappa shape index (κ2) is 7.60. The summed E-state index contributed by atoms with van der Waals surface area (Å²) in [6.07, 6.45) is 6.48. The van der Waals surface area contributed by atoms with Crippen LogP contribution < -0.4 is 14.8 Å². The molecule has 1 aromatic carbocycles. The second-order valence-corrected chi connectivity index (χ2v) is 6.53. The number of carbonyl (C=O) groups is 1. The van der Waals surface area contributed by atoms with Gasteiger partial charge < -0.3 is 19.8 Å². The van der Waals surface area contributed by atoms with E-state index in [-0.39, 0.29) is 5.91 Å². The number of hydrogen-bond acceptors (Lipinski definition) is 4. The van der Waals surface area contributed by atoms with Crippen molar-refractivity contribution >= 4 is 18.1 Å². The lowest BCUT2D eigenvalue weighted by Gasteiger charge is -2.10. The highest BCUT2D eigenvalue weighted by Crippen LogP contribution is 2.26. The first-order chi connectivity index (χ1) is 13.7. The molecule has 6 heteroatoms. The van der Waals surface area contributed by atoms with Crippen molar-refractivity contribution in [2.24, 2.45) is 0 Å². The number of carbonyl (C=O) groups excluding carboxylic acids is 1. The van der Waals surface area contributed by atoms with E-state index in [4.69, 9.17) is 9.47 Å². The fourth-order valence-electron chi connectivity index (χ4n) is 3.26. The quantitative estimate of drug-likeness (QED) is 0.715. The summed E-state index contributed by atoms with van der Waals surface area (Å²) in [7, 11) is 3.26. The van der Waals surface area contributed by atoms with Crippen LogP contribution in [-0.4, -0.2) is 36.6 Å². The summed E-state index contributed by atoms with van der Waals surface area (Å²) in [5.41, 5.74) is 5.38. The highest BCUT2D eigenvalue weighted by molar-refractivity contribution is 5.97. The number of aromatic amines is 1. The van der Waals surface area contributed by atoms with E-state index in [9.17, 15) is 4.79 Å². The zero-order chi connectivity index (χ0) is 19.5. The zero-order valence-electron chi connectivity index (χ0n) is 15.8. The molecule has 0 fully saturated rings. The van der Waals surface area contributed by atoms with Crippen molar-refractivity contribution in [3.63, 3.8) is 0 Å². The number of pyridine rings is 1. The van der Waals surface area contributed by atoms with Crippen molar-refractivity contribution in [3.05, 3.63) is 65.1 Å². The Balaban J connectivity index is 1.61. The van der Waals surface area contributed by atoms with Gasteiger partial charge in [0.25, 0.3) is 5.91 Å². The molecule has 3 aromatic rings. The number of nitrogens with one attached hydrogen (secondary N) is 2. The number of amides is 1. The summed E-state index contributed by atoms with van der Waals surface area (Å²) in [6.45, 7) is 0.667. The third kappa shape index (κ3) is 3.62. The summed E-state index contributed by atoms with van der Waals surface area (Å²) in [5.74, 6) is 1.44. The van der Waals surface area contributed by atoms with Gasteiger partial charge in [-0.3, -0.25) is 9.78 Å². The molecular formula is C22H21N3O3. The number of benzene rings is 1. The number of fused-ring (bicyclic) bond motifs is 1. The van der Waals surface area contributed by atoms with E-state index in [0.717, 1.165) is 51.7 Å². The van der Waals surface area contributed by atoms with Crippen molar-refractivity contribution in [1.82, 2.24) is 15.3 Å². The SMILES string of the molecule is COc1cc(C=Cc2cc(-c3cc4c([nH]3)CCNC4=O)ccn2)cc(OC)c1. The first kappa shape index (κ1) is 17.9. The van der Waals surface area contributed by atoms with Crippen LogP contribution >= 0.6 is 0 Å². The molecule has 0 saturated carbocycles. The van der Waals surface area contributed by atoms with E-state index >= 15 is 0 Å². The standard InChI is InChI=1S/C22H21N3O3/c1-27-17-9-14(10-18(12-17)28-2)3-4-16-11-15(5-7-23-16)21-13-19-20(25-21)6-8-24-22(19)26/h3-5,7,9-13,25H,6,8H2,1-2H3,(H,24,26). The lowest BCUT2D eigenvalue weighted by Crippen LogP contribution is -2.31. The normalized spacial score (nSPS) is 13.3. The Bertz CT molecular complexity index is 1030. The molecule has 4 rings (SSSR count). The van der Waals surface area contributed by atoms with E-state index in [1.54, 1.807) is 20.4 Å². The molecule has 0 saturated heterocycles. The van der Waals surface area contributed by atoms with Crippen molar-refractivity contribution < 1.29 is 14.3 Å². The van der Waals surface area contributed by atoms with Gasteiger partial charge in [-0.25, -0.2) is 0 Å². The fraction of sp³-hybridized carbons (Fsp3) is 0.182. The van der Waals surface area contributed by atoms with Gasteiger partial charge in [0.05, 0.1) is 25.5 Å². The molecule has 1 aliphatic rings. The monoisotopic (exact) mass is 375 g/mol. The number of ether oxygens (including phenoxy) is 2. The number of nitrogens with zero attached hydrogens (tertiary/aromatic N) is 1. The van der Waals surface area contributed by atoms with E-state index < -0.39 is 0 Å². The number of hydrogen-bond donors (Lipinski definition) is 2. The minimum atomic E-state index is -0.0232. The summed E-state index contributed by atoms with van der Waals surface area (Å²) in [6, 6.07) is 11.5. The third-order valence-electron chi connectivity index (χ3n) is 4.72. The lowest BCUT2D eigenvalue weighted by molar-refractivity contribution is 0.0946. The van der Waals surface area contributed by atoms with Crippen molar-refractivity contribution in [3.8, 4) is 22.8 Å². The molecule has 0 atom stereocenters. The summed E-state index contributed by atoms with van der Waals surface area (Å²) in [5, 5.41) is 2.87. The molecule has 0 unspecified atom stereocenters. The van der Waals surface area contributed by atoms with E-state index in [2.05, 4.69) is 15.3 Å². The van der Waals surface area contributed by atoms with Crippen molar-refractivity contribution in [1.29, 1.82) is 0 Å². The molecule has 2 N–H and O–H groups in total. The smallest absolute Gasteiger partial charge is 0.253 e. The molecule has 0 bridgehead atoms. The van der Waals surface area contributed by atoms with Crippen LogP contribution in [0.4, 0.5) is 0 Å². The Morgan fingerprint density at radius 3 is 2.54 bits per heavy atom. The minimum absolute atomic E-state index is 0.0232. The molecule has 28 heavy (non-hydrogen) atoms. The molecule has 1 aliphatic heterocycles. The van der Waals surface area contributed by atoms with Crippen molar-refractivity contribution in [2.45, 2.75) is 6.42 Å². The van der Waals surface area contributed by atoms with Crippen molar-refractivity contribution in [2.75, 3.05) is 20.8 Å². The maximum absolute atomic E-state index is 12.0. The average Bonchev–Trinajstić information content (AvgIpc) is 3.18. The maximum atomic E-state index is 12.0. The maximum Gasteiger partial charge on any atom is 0.253 e. The van der Waals surface area contributed by atoms with Crippen LogP contribution in [0.2, 0.25) is 0 Å². The fourth-order valence-corrected chi connectivity index (χ4v) is 3.26. The molecule has 0 aliphatic carbocycles. The van der Waals surface area contributed by atoms with E-state index in [1.807, 2.05) is 48.6 Å². The van der Waals surface area contributed by atoms with Gasteiger partial charge in [-0.05, 0) is 42.0 Å². The summed E-state index contributed by atoms with van der Waals surface area (Å²) < 4.78 is 10.6. The number of rotatable bonds is 5. The van der Waals surface area contributed by atoms with Crippen LogP contribution in [0.3, 0.4) is 0 Å². The Morgan fingerprint density at radius 1 is 1.04 bits per heavy atom. The third-order valence-corrected chi connectivity index (χ3v) is 4.72. The first-order valence-corrected chi connectivity index (χ1v) is 9.04. The van der Waals surface area contributed by atoms with Crippen LogP contribution in [0, 0.1) is 0 Å². The molecule has 6 nitrogen and oxygen atoms in total. The first-order valence-electron chi connectivity index (χ1n) is 9.04. The Kier molecular flexibility index (Phi) is 4.85. The van der Waals surface area contributed by atoms with E-state index in [0.29, 0.717) is 6.54 Å². The van der Waals surface area contributed by atoms with Crippen LogP contribution in [0.15, 0.2) is 42.6 Å². The second-order valence-electron chi connectivity index (χ2n) is 6.53. The largest absolute Gasteiger partial charge is 0.497 e. The van der Waals surface area contributed by atoms with Gasteiger partial charge in [-0.1, -0.05) is 6.08 Å². The summed E-state index contributed by atoms with van der Waals surface area (Å²) in [4.78, 5) is 19.8. The Labute approximate surface area is 163 Å². The van der Waals surface area contributed by atoms with Gasteiger partial charge in [0, 0.05) is 42.2 Å². The Hall–Kier alpha value is -3.54. The van der Waals surface area contributed by atoms with Gasteiger partial charge in [0.1, 0.15) is 11.5 Å². The molecule has 0 spiro atoms. The highest BCUT2D eigenvalue weighted by atomic mass is 16.5. The molecule has 3 heterocycles. The summed E-state index contributed by atoms with van der Waals surface area (Å²) >= 11 is 0.